The lowest BCUT2D eigenvalue weighted by atomic mass is 9.95. The topological polar surface area (TPSA) is 55.6 Å². The highest BCUT2D eigenvalue weighted by atomic mass is 32.1. The number of hydrogen-bond acceptors (Lipinski definition) is 4. The Hall–Kier alpha value is -2.73. The van der Waals surface area contributed by atoms with Gasteiger partial charge in [0.1, 0.15) is 0 Å². The van der Waals surface area contributed by atoms with Crippen LogP contribution in [0.5, 0.6) is 0 Å². The molecule has 1 saturated heterocycles. The summed E-state index contributed by atoms with van der Waals surface area (Å²) in [7, 11) is 2.22. The zero-order valence-corrected chi connectivity index (χ0v) is 21.5. The van der Waals surface area contributed by atoms with Crippen LogP contribution in [0.3, 0.4) is 0 Å². The Morgan fingerprint density at radius 1 is 1.03 bits per heavy atom. The zero-order valence-electron chi connectivity index (χ0n) is 20.7. The molecule has 3 aromatic rings. The van der Waals surface area contributed by atoms with E-state index in [9.17, 15) is 4.79 Å². The standard InChI is InChI=1S/C30H34N2O2S/c1-20-6-10-23(11-7-20)29-28(26-18-24(30(31)33)4-3-5-27(26)35-29)22-12-8-21(9-13-22)19-32(2)25-14-16-34-17-15-25/h6-13,18,25H,3-5,14-17,19H2,1-2H3,(H2,31,33). The summed E-state index contributed by atoms with van der Waals surface area (Å²) in [6, 6.07) is 18.3. The van der Waals surface area contributed by atoms with Crippen LogP contribution in [0.15, 0.2) is 54.1 Å². The number of rotatable bonds is 6. The van der Waals surface area contributed by atoms with Gasteiger partial charge in [-0.2, -0.15) is 0 Å². The van der Waals surface area contributed by atoms with Gasteiger partial charge in [0.05, 0.1) is 0 Å². The van der Waals surface area contributed by atoms with Crippen molar-refractivity contribution in [3.05, 3.63) is 75.7 Å². The van der Waals surface area contributed by atoms with E-state index in [-0.39, 0.29) is 5.91 Å². The fourth-order valence-corrected chi connectivity index (χ4v) is 6.57. The second-order valence-corrected chi connectivity index (χ2v) is 11.0. The van der Waals surface area contributed by atoms with Gasteiger partial charge >= 0.3 is 0 Å². The predicted molar refractivity (Wildman–Crippen MR) is 145 cm³/mol. The Morgan fingerprint density at radius 3 is 2.40 bits per heavy atom. The minimum absolute atomic E-state index is 0.307. The summed E-state index contributed by atoms with van der Waals surface area (Å²) < 4.78 is 5.53. The molecule has 1 aliphatic carbocycles. The maximum absolute atomic E-state index is 12.1. The average molecular weight is 487 g/mol. The number of amides is 1. The molecule has 0 bridgehead atoms. The number of primary amides is 1. The van der Waals surface area contributed by atoms with Crippen LogP contribution in [0.25, 0.3) is 27.6 Å². The first kappa shape index (κ1) is 24.0. The van der Waals surface area contributed by atoms with Crippen molar-refractivity contribution in [2.75, 3.05) is 20.3 Å². The summed E-state index contributed by atoms with van der Waals surface area (Å²) in [4.78, 5) is 17.2. The van der Waals surface area contributed by atoms with Crippen LogP contribution in [0.2, 0.25) is 0 Å². The molecule has 2 aromatic carbocycles. The maximum atomic E-state index is 12.1. The van der Waals surface area contributed by atoms with E-state index < -0.39 is 0 Å². The highest BCUT2D eigenvalue weighted by Gasteiger charge is 2.23. The van der Waals surface area contributed by atoms with Gasteiger partial charge in [0.25, 0.3) is 0 Å². The lowest BCUT2D eigenvalue weighted by Gasteiger charge is -2.31. The molecule has 2 N–H and O–H groups in total. The van der Waals surface area contributed by atoms with Crippen LogP contribution in [0.1, 0.15) is 47.3 Å². The highest BCUT2D eigenvalue weighted by molar-refractivity contribution is 7.16. The number of ether oxygens (including phenoxy) is 1. The Balaban J connectivity index is 1.52. The van der Waals surface area contributed by atoms with Gasteiger partial charge in [-0.05, 0) is 74.4 Å². The molecule has 0 atom stereocenters. The largest absolute Gasteiger partial charge is 0.381 e. The third-order valence-electron chi connectivity index (χ3n) is 7.31. The van der Waals surface area contributed by atoms with Crippen LogP contribution in [-0.2, 0) is 22.5 Å². The maximum Gasteiger partial charge on any atom is 0.244 e. The molecule has 1 aliphatic heterocycles. The third kappa shape index (κ3) is 5.27. The van der Waals surface area contributed by atoms with Gasteiger partial charge < -0.3 is 10.5 Å². The summed E-state index contributed by atoms with van der Waals surface area (Å²) in [5.41, 5.74) is 13.8. The smallest absolute Gasteiger partial charge is 0.244 e. The van der Waals surface area contributed by atoms with E-state index in [1.54, 1.807) is 0 Å². The molecule has 35 heavy (non-hydrogen) atoms. The predicted octanol–water partition coefficient (Wildman–Crippen LogP) is 6.21. The molecule has 1 amide bonds. The van der Waals surface area contributed by atoms with E-state index in [0.29, 0.717) is 6.04 Å². The van der Waals surface area contributed by atoms with E-state index >= 15 is 0 Å². The molecule has 0 radical (unpaired) electrons. The minimum atomic E-state index is -0.307. The van der Waals surface area contributed by atoms with E-state index in [4.69, 9.17) is 10.5 Å². The number of aryl methyl sites for hydroxylation is 2. The van der Waals surface area contributed by atoms with Gasteiger partial charge in [0.2, 0.25) is 5.91 Å². The van der Waals surface area contributed by atoms with Gasteiger partial charge in [-0.15, -0.1) is 11.3 Å². The SMILES string of the molecule is Cc1ccc(-c2sc3c(c2-c2ccc(CN(C)C4CCOCC4)cc2)C=C(C(N)=O)CCC3)cc1. The van der Waals surface area contributed by atoms with Crippen LogP contribution in [0.4, 0.5) is 0 Å². The van der Waals surface area contributed by atoms with Crippen LogP contribution in [0, 0.1) is 6.92 Å². The molecule has 2 heterocycles. The fraction of sp³-hybridized carbons (Fsp3) is 0.367. The van der Waals surface area contributed by atoms with Gasteiger partial charge in [-0.25, -0.2) is 0 Å². The number of thiophene rings is 1. The molecule has 4 nitrogen and oxygen atoms in total. The fourth-order valence-electron chi connectivity index (χ4n) is 5.22. The van der Waals surface area contributed by atoms with Gasteiger partial charge in [-0.1, -0.05) is 54.1 Å². The summed E-state index contributed by atoms with van der Waals surface area (Å²) in [6.07, 6.45) is 6.93. The molecule has 182 valence electrons. The molecule has 5 rings (SSSR count). The molecule has 5 heteroatoms. The lowest BCUT2D eigenvalue weighted by molar-refractivity contribution is -0.114. The number of benzene rings is 2. The van der Waals surface area contributed by atoms with Crippen molar-refractivity contribution in [3.8, 4) is 21.6 Å². The van der Waals surface area contributed by atoms with Crippen molar-refractivity contribution in [3.63, 3.8) is 0 Å². The minimum Gasteiger partial charge on any atom is -0.381 e. The van der Waals surface area contributed by atoms with Crippen molar-refractivity contribution >= 4 is 23.3 Å². The summed E-state index contributed by atoms with van der Waals surface area (Å²) >= 11 is 1.86. The van der Waals surface area contributed by atoms with Gasteiger partial charge in [0, 0.05) is 46.7 Å². The Morgan fingerprint density at radius 2 is 1.71 bits per heavy atom. The quantitative estimate of drug-likeness (QED) is 0.451. The van der Waals surface area contributed by atoms with Gasteiger partial charge in [-0.3, -0.25) is 9.69 Å². The van der Waals surface area contributed by atoms with Crippen LogP contribution < -0.4 is 5.73 Å². The van der Waals surface area contributed by atoms with E-state index in [1.807, 2.05) is 11.3 Å². The van der Waals surface area contributed by atoms with E-state index in [1.165, 1.54) is 43.1 Å². The van der Waals surface area contributed by atoms with Crippen molar-refractivity contribution in [1.29, 1.82) is 0 Å². The average Bonchev–Trinajstić information content (AvgIpc) is 3.09. The molecule has 0 saturated carbocycles. The van der Waals surface area contributed by atoms with Crippen molar-refractivity contribution in [1.82, 2.24) is 4.90 Å². The first-order valence-electron chi connectivity index (χ1n) is 12.6. The Labute approximate surface area is 212 Å². The van der Waals surface area contributed by atoms with E-state index in [2.05, 4.69) is 73.5 Å². The molecular weight excluding hydrogens is 452 g/mol. The Kier molecular flexibility index (Phi) is 7.19. The summed E-state index contributed by atoms with van der Waals surface area (Å²) in [5.74, 6) is -0.307. The molecule has 1 aromatic heterocycles. The normalized spacial score (nSPS) is 16.6. The number of carbonyl (C=O) groups is 1. The number of fused-ring (bicyclic) bond motifs is 1. The first-order valence-corrected chi connectivity index (χ1v) is 13.4. The molecule has 1 fully saturated rings. The van der Waals surface area contributed by atoms with Gasteiger partial charge in [0.15, 0.2) is 0 Å². The van der Waals surface area contributed by atoms with Crippen molar-refractivity contribution in [2.24, 2.45) is 5.73 Å². The number of hydrogen-bond donors (Lipinski definition) is 1. The number of nitrogens with two attached hydrogens (primary N) is 1. The summed E-state index contributed by atoms with van der Waals surface area (Å²) in [6.45, 7) is 4.77. The number of nitrogens with zero attached hydrogens (tertiary/aromatic N) is 1. The summed E-state index contributed by atoms with van der Waals surface area (Å²) in [5, 5.41) is 0. The molecule has 0 spiro atoms. The zero-order chi connectivity index (χ0) is 24.4. The van der Waals surface area contributed by atoms with E-state index in [0.717, 1.165) is 57.4 Å². The van der Waals surface area contributed by atoms with Crippen LogP contribution >= 0.6 is 11.3 Å². The highest BCUT2D eigenvalue weighted by Crippen LogP contribution is 2.46. The molecule has 0 unspecified atom stereocenters. The van der Waals surface area contributed by atoms with Crippen molar-refractivity contribution in [2.45, 2.75) is 51.6 Å². The first-order chi connectivity index (χ1) is 17.0. The lowest BCUT2D eigenvalue weighted by Crippen LogP contribution is -2.36. The second-order valence-electron chi connectivity index (χ2n) is 9.85. The third-order valence-corrected chi connectivity index (χ3v) is 8.62. The molecule has 2 aliphatic rings. The van der Waals surface area contributed by atoms with Crippen LogP contribution in [-0.4, -0.2) is 37.1 Å². The Bertz CT molecular complexity index is 1220. The van der Waals surface area contributed by atoms with Crippen molar-refractivity contribution < 1.29 is 9.53 Å². The number of carbonyl (C=O) groups excluding carboxylic acids is 1. The molecular formula is C30H34N2O2S. The second kappa shape index (κ2) is 10.5. The monoisotopic (exact) mass is 486 g/mol.